The third-order valence-electron chi connectivity index (χ3n) is 3.61. The van der Waals surface area contributed by atoms with Gasteiger partial charge in [-0.25, -0.2) is 22.9 Å². The van der Waals surface area contributed by atoms with Crippen molar-refractivity contribution in [3.63, 3.8) is 0 Å². The number of pyridine rings is 1. The smallest absolute Gasteiger partial charge is 0.326 e. The van der Waals surface area contributed by atoms with Crippen LogP contribution in [-0.2, 0) is 10.0 Å². The molecule has 22 heavy (non-hydrogen) atoms. The van der Waals surface area contributed by atoms with Crippen molar-refractivity contribution in [3.8, 4) is 0 Å². The quantitative estimate of drug-likeness (QED) is 0.532. The summed E-state index contributed by atoms with van der Waals surface area (Å²) in [6.07, 6.45) is 3.12. The molecule has 0 aliphatic heterocycles. The zero-order chi connectivity index (χ0) is 15.9. The van der Waals surface area contributed by atoms with Crippen LogP contribution in [0.3, 0.4) is 0 Å². The third-order valence-corrected chi connectivity index (χ3v) is 5.00. The Morgan fingerprint density at radius 2 is 2.09 bits per heavy atom. The molecule has 1 fully saturated rings. The van der Waals surface area contributed by atoms with Crippen LogP contribution in [0.1, 0.15) is 12.8 Å². The number of aromatic amines is 2. The van der Waals surface area contributed by atoms with E-state index in [1.165, 1.54) is 6.07 Å². The Kier molecular flexibility index (Phi) is 3.59. The fourth-order valence-electron chi connectivity index (χ4n) is 2.15. The predicted molar refractivity (Wildman–Crippen MR) is 78.9 cm³/mol. The number of sulfonamides is 1. The highest BCUT2D eigenvalue weighted by Crippen LogP contribution is 2.31. The van der Waals surface area contributed by atoms with Crippen LogP contribution in [0.25, 0.3) is 11.0 Å². The Balaban J connectivity index is 1.91. The summed E-state index contributed by atoms with van der Waals surface area (Å²) < 4.78 is 26.8. The van der Waals surface area contributed by atoms with Gasteiger partial charge in [-0.3, -0.25) is 14.8 Å². The third kappa shape index (κ3) is 2.93. The van der Waals surface area contributed by atoms with Gasteiger partial charge in [-0.1, -0.05) is 0 Å². The molecule has 2 aromatic heterocycles. The lowest BCUT2D eigenvalue weighted by Crippen LogP contribution is -2.38. The molecule has 0 saturated heterocycles. The Morgan fingerprint density at radius 3 is 2.77 bits per heavy atom. The van der Waals surface area contributed by atoms with Crippen LogP contribution in [-0.4, -0.2) is 36.0 Å². The van der Waals surface area contributed by atoms with Crippen LogP contribution in [0, 0.1) is 5.92 Å². The molecule has 10 heteroatoms. The highest BCUT2D eigenvalue weighted by Gasteiger charge is 2.29. The lowest BCUT2D eigenvalue weighted by Gasteiger charge is -2.12. The zero-order valence-corrected chi connectivity index (χ0v) is 12.3. The molecule has 2 aromatic rings. The number of nitrogens with two attached hydrogens (primary N) is 1. The molecule has 0 aromatic carbocycles. The fraction of sp³-hybridized carbons (Fsp3) is 0.417. The van der Waals surface area contributed by atoms with Gasteiger partial charge >= 0.3 is 5.69 Å². The monoisotopic (exact) mass is 325 g/mol. The summed E-state index contributed by atoms with van der Waals surface area (Å²) in [5.41, 5.74) is 4.49. The molecule has 118 valence electrons. The molecule has 0 bridgehead atoms. The van der Waals surface area contributed by atoms with Gasteiger partial charge in [0, 0.05) is 18.8 Å². The van der Waals surface area contributed by atoms with E-state index < -0.39 is 21.3 Å². The Bertz CT molecular complexity index is 928. The zero-order valence-electron chi connectivity index (χ0n) is 11.5. The molecular weight excluding hydrogens is 310 g/mol. The molecule has 1 aliphatic rings. The van der Waals surface area contributed by atoms with Gasteiger partial charge in [-0.15, -0.1) is 0 Å². The van der Waals surface area contributed by atoms with Crippen molar-refractivity contribution >= 4 is 21.1 Å². The molecule has 3 rings (SSSR count). The summed E-state index contributed by atoms with van der Waals surface area (Å²) in [6, 6.07) is 0.949. The topological polar surface area (TPSA) is 151 Å². The van der Waals surface area contributed by atoms with E-state index in [0.29, 0.717) is 5.92 Å². The van der Waals surface area contributed by atoms with Gasteiger partial charge in [0.25, 0.3) is 5.56 Å². The number of hydrogen-bond donors (Lipinski definition) is 4. The normalized spacial score (nSPS) is 16.8. The van der Waals surface area contributed by atoms with E-state index in [4.69, 9.17) is 5.73 Å². The molecule has 5 N–H and O–H groups in total. The fourth-order valence-corrected chi connectivity index (χ4v) is 3.20. The van der Waals surface area contributed by atoms with Gasteiger partial charge in [-0.05, 0) is 24.8 Å². The van der Waals surface area contributed by atoms with Crippen molar-refractivity contribution in [3.05, 3.63) is 33.1 Å². The molecule has 9 nitrogen and oxygen atoms in total. The van der Waals surface area contributed by atoms with Crippen LogP contribution in [0.4, 0.5) is 0 Å². The van der Waals surface area contributed by atoms with Crippen LogP contribution >= 0.6 is 0 Å². The van der Waals surface area contributed by atoms with Crippen molar-refractivity contribution in [1.82, 2.24) is 19.7 Å². The van der Waals surface area contributed by atoms with Crippen molar-refractivity contribution < 1.29 is 8.42 Å². The van der Waals surface area contributed by atoms with Crippen LogP contribution in [0.5, 0.6) is 0 Å². The lowest BCUT2D eigenvalue weighted by molar-refractivity contribution is 0.547. The first kappa shape index (κ1) is 14.9. The minimum absolute atomic E-state index is 0.00559. The average molecular weight is 325 g/mol. The number of H-pyrrole nitrogens is 2. The maximum absolute atomic E-state index is 12.2. The summed E-state index contributed by atoms with van der Waals surface area (Å²) >= 11 is 0. The van der Waals surface area contributed by atoms with E-state index in [0.717, 1.165) is 19.0 Å². The van der Waals surface area contributed by atoms with Gasteiger partial charge < -0.3 is 5.73 Å². The Morgan fingerprint density at radius 1 is 1.36 bits per heavy atom. The minimum atomic E-state index is -3.82. The average Bonchev–Trinajstić information content (AvgIpc) is 3.29. The van der Waals surface area contributed by atoms with Gasteiger partial charge in [-0.2, -0.15) is 0 Å². The summed E-state index contributed by atoms with van der Waals surface area (Å²) in [4.78, 5) is 30.8. The molecule has 0 spiro atoms. The van der Waals surface area contributed by atoms with Gasteiger partial charge in [0.2, 0.25) is 10.0 Å². The first-order valence-electron chi connectivity index (χ1n) is 6.74. The summed E-state index contributed by atoms with van der Waals surface area (Å²) in [6.45, 7) is 0.132. The van der Waals surface area contributed by atoms with Crippen LogP contribution < -0.4 is 21.7 Å². The molecule has 1 saturated carbocycles. The van der Waals surface area contributed by atoms with E-state index in [1.54, 1.807) is 0 Å². The number of nitrogens with one attached hydrogen (secondary N) is 3. The summed E-state index contributed by atoms with van der Waals surface area (Å²) in [5.74, 6) is 0.366. The molecule has 1 aliphatic carbocycles. The second-order valence-electron chi connectivity index (χ2n) is 5.33. The minimum Gasteiger partial charge on any atom is -0.326 e. The van der Waals surface area contributed by atoms with E-state index in [-0.39, 0.29) is 28.5 Å². The molecule has 1 unspecified atom stereocenters. The Labute approximate surface area is 125 Å². The molecule has 0 radical (unpaired) electrons. The van der Waals surface area contributed by atoms with Crippen molar-refractivity contribution in [2.24, 2.45) is 11.7 Å². The van der Waals surface area contributed by atoms with Crippen LogP contribution in [0.2, 0.25) is 0 Å². The number of rotatable bonds is 5. The maximum atomic E-state index is 12.2. The molecule has 0 amide bonds. The highest BCUT2D eigenvalue weighted by molar-refractivity contribution is 7.89. The first-order valence-corrected chi connectivity index (χ1v) is 8.23. The number of nitrogens with zero attached hydrogens (tertiary/aromatic N) is 1. The van der Waals surface area contributed by atoms with E-state index in [1.807, 2.05) is 4.98 Å². The van der Waals surface area contributed by atoms with Crippen molar-refractivity contribution in [2.75, 3.05) is 6.54 Å². The molecule has 2 heterocycles. The van der Waals surface area contributed by atoms with E-state index >= 15 is 0 Å². The van der Waals surface area contributed by atoms with Crippen LogP contribution in [0.15, 0.2) is 26.7 Å². The Hall–Kier alpha value is -2.04. The largest absolute Gasteiger partial charge is 0.327 e. The van der Waals surface area contributed by atoms with Crippen molar-refractivity contribution in [1.29, 1.82) is 0 Å². The number of aromatic nitrogens is 3. The maximum Gasteiger partial charge on any atom is 0.327 e. The predicted octanol–water partition coefficient (Wildman–Crippen LogP) is -1.37. The first-order chi connectivity index (χ1) is 10.4. The standard InChI is InChI=1S/C12H15N5O4S/c13-9(6-1-2-6)5-15-22(20,21)7-3-8-10(14-4-7)16-12(19)17-11(8)18/h3-4,6,9,15H,1-2,5,13H2,(H2,14,16,17,18,19). The molecular formula is C12H15N5O4S. The second kappa shape index (κ2) is 5.30. The second-order valence-corrected chi connectivity index (χ2v) is 7.10. The highest BCUT2D eigenvalue weighted by atomic mass is 32.2. The van der Waals surface area contributed by atoms with E-state index in [9.17, 15) is 18.0 Å². The summed E-state index contributed by atoms with van der Waals surface area (Å²) in [7, 11) is -3.82. The number of fused-ring (bicyclic) bond motifs is 1. The summed E-state index contributed by atoms with van der Waals surface area (Å²) in [5, 5.41) is -0.00559. The van der Waals surface area contributed by atoms with Gasteiger partial charge in [0.1, 0.15) is 10.5 Å². The van der Waals surface area contributed by atoms with Gasteiger partial charge in [0.05, 0.1) is 5.39 Å². The van der Waals surface area contributed by atoms with Gasteiger partial charge in [0.15, 0.2) is 0 Å². The van der Waals surface area contributed by atoms with E-state index in [2.05, 4.69) is 14.7 Å². The van der Waals surface area contributed by atoms with Crippen molar-refractivity contribution in [2.45, 2.75) is 23.8 Å². The molecule has 1 atom stereocenters. The SMILES string of the molecule is NC(CNS(=O)(=O)c1cnc2[nH]c(=O)[nH]c(=O)c2c1)C1CC1. The number of hydrogen-bond acceptors (Lipinski definition) is 6. The lowest BCUT2D eigenvalue weighted by atomic mass is 10.2.